The van der Waals surface area contributed by atoms with Crippen molar-refractivity contribution in [2.24, 2.45) is 17.4 Å². The molecule has 0 radical (unpaired) electrons. The van der Waals surface area contributed by atoms with Gasteiger partial charge < -0.3 is 11.5 Å². The molecule has 4 N–H and O–H groups in total. The second-order valence-corrected chi connectivity index (χ2v) is 5.74. The average molecular weight is 289 g/mol. The van der Waals surface area contributed by atoms with Crippen LogP contribution < -0.4 is 11.5 Å². The van der Waals surface area contributed by atoms with Crippen molar-refractivity contribution in [1.82, 2.24) is 0 Å². The van der Waals surface area contributed by atoms with Gasteiger partial charge in [0.2, 0.25) is 0 Å². The molecule has 2 nitrogen and oxygen atoms in total. The fourth-order valence-corrected chi connectivity index (χ4v) is 3.30. The Morgan fingerprint density at radius 1 is 1.38 bits per heavy atom. The van der Waals surface area contributed by atoms with E-state index >= 15 is 0 Å². The molecule has 0 spiro atoms. The van der Waals surface area contributed by atoms with Crippen LogP contribution in [0.1, 0.15) is 25.7 Å². The van der Waals surface area contributed by atoms with E-state index in [4.69, 9.17) is 11.5 Å². The summed E-state index contributed by atoms with van der Waals surface area (Å²) in [5.74, 6) is -0.159. The van der Waals surface area contributed by atoms with Crippen LogP contribution in [0.4, 0.5) is 4.39 Å². The summed E-state index contributed by atoms with van der Waals surface area (Å²) in [7, 11) is 0. The number of allylic oxidation sites excluding steroid dienone is 2. The Balaban J connectivity index is 2.26. The number of rotatable bonds is 1. The maximum Gasteiger partial charge on any atom is 0.105 e. The minimum atomic E-state index is -0.826. The first-order valence-corrected chi connectivity index (χ1v) is 6.58. The smallest absolute Gasteiger partial charge is 0.105 e. The maximum absolute atomic E-state index is 14.0. The highest BCUT2D eigenvalue weighted by Gasteiger charge is 2.44. The van der Waals surface area contributed by atoms with Gasteiger partial charge in [0, 0.05) is 16.4 Å². The first-order valence-electron chi connectivity index (χ1n) is 5.79. The Hall–Kier alpha value is -0.190. The quantitative estimate of drug-likeness (QED) is 0.778. The number of alkyl halides is 1. The SMILES string of the molecule is NC1C=CC(Br)=CC1(N)[C@H]1CCCC[C@H]1F. The number of hydrogen-bond acceptors (Lipinski definition) is 2. The number of halogens is 2. The Morgan fingerprint density at radius 2 is 2.06 bits per heavy atom. The normalized spacial score (nSPS) is 44.2. The monoisotopic (exact) mass is 288 g/mol. The molecular weight excluding hydrogens is 271 g/mol. The van der Waals surface area contributed by atoms with E-state index < -0.39 is 11.7 Å². The van der Waals surface area contributed by atoms with Crippen LogP contribution in [0.25, 0.3) is 0 Å². The highest BCUT2D eigenvalue weighted by atomic mass is 79.9. The summed E-state index contributed by atoms with van der Waals surface area (Å²) < 4.78 is 14.9. The first-order chi connectivity index (χ1) is 7.54. The first kappa shape index (κ1) is 12.3. The summed E-state index contributed by atoms with van der Waals surface area (Å²) in [6, 6.07) is -0.296. The van der Waals surface area contributed by atoms with Gasteiger partial charge in [-0.2, -0.15) is 0 Å². The molecule has 2 aliphatic carbocycles. The van der Waals surface area contributed by atoms with Crippen molar-refractivity contribution in [2.45, 2.75) is 43.4 Å². The third-order valence-electron chi connectivity index (χ3n) is 3.75. The van der Waals surface area contributed by atoms with Gasteiger partial charge in [-0.3, -0.25) is 0 Å². The molecule has 16 heavy (non-hydrogen) atoms. The fourth-order valence-electron chi connectivity index (χ4n) is 2.75. The predicted octanol–water partition coefficient (Wildman–Crippen LogP) is 2.39. The van der Waals surface area contributed by atoms with E-state index in [-0.39, 0.29) is 12.0 Å². The van der Waals surface area contributed by atoms with E-state index in [0.29, 0.717) is 6.42 Å². The van der Waals surface area contributed by atoms with Gasteiger partial charge in [-0.15, -0.1) is 0 Å². The van der Waals surface area contributed by atoms with Crippen LogP contribution in [0, 0.1) is 5.92 Å². The molecule has 90 valence electrons. The minimum absolute atomic E-state index is 0.159. The Kier molecular flexibility index (Phi) is 3.52. The summed E-state index contributed by atoms with van der Waals surface area (Å²) >= 11 is 3.39. The van der Waals surface area contributed by atoms with Crippen molar-refractivity contribution >= 4 is 15.9 Å². The second kappa shape index (κ2) is 4.59. The van der Waals surface area contributed by atoms with Crippen LogP contribution in [0.2, 0.25) is 0 Å². The molecule has 0 aromatic rings. The summed E-state index contributed by atoms with van der Waals surface area (Å²) in [6.45, 7) is 0. The molecule has 0 aromatic carbocycles. The lowest BCUT2D eigenvalue weighted by Gasteiger charge is -2.43. The molecule has 0 bridgehead atoms. The number of nitrogens with two attached hydrogens (primary N) is 2. The van der Waals surface area contributed by atoms with E-state index in [1.807, 2.05) is 18.2 Å². The molecule has 2 unspecified atom stereocenters. The molecule has 0 aromatic heterocycles. The molecule has 0 heterocycles. The van der Waals surface area contributed by atoms with Crippen LogP contribution in [0.3, 0.4) is 0 Å². The standard InChI is InChI=1S/C12H18BrFN2/c13-8-5-6-11(15)12(16,7-8)9-3-1-2-4-10(9)14/h5-7,9-11H,1-4,15-16H2/t9-,10+,11?,12?/m0/s1. The Bertz CT molecular complexity index is 329. The maximum atomic E-state index is 14.0. The third kappa shape index (κ3) is 2.11. The summed E-state index contributed by atoms with van der Waals surface area (Å²) in [5.41, 5.74) is 11.6. The average Bonchev–Trinajstić information content (AvgIpc) is 2.24. The van der Waals surface area contributed by atoms with E-state index in [9.17, 15) is 4.39 Å². The molecule has 0 saturated heterocycles. The largest absolute Gasteiger partial charge is 0.323 e. The minimum Gasteiger partial charge on any atom is -0.323 e. The molecule has 2 aliphatic rings. The third-order valence-corrected chi connectivity index (χ3v) is 4.25. The highest BCUT2D eigenvalue weighted by Crippen LogP contribution is 2.38. The highest BCUT2D eigenvalue weighted by molar-refractivity contribution is 9.11. The van der Waals surface area contributed by atoms with Crippen molar-refractivity contribution in [1.29, 1.82) is 0 Å². The molecule has 0 amide bonds. The number of hydrogen-bond donors (Lipinski definition) is 2. The Labute approximate surface area is 104 Å². The Morgan fingerprint density at radius 3 is 2.75 bits per heavy atom. The van der Waals surface area contributed by atoms with Crippen molar-refractivity contribution in [3.8, 4) is 0 Å². The van der Waals surface area contributed by atoms with Crippen LogP contribution in [-0.4, -0.2) is 17.8 Å². The lowest BCUT2D eigenvalue weighted by molar-refractivity contribution is 0.107. The van der Waals surface area contributed by atoms with Gasteiger partial charge in [-0.05, 0) is 18.9 Å². The summed E-state index contributed by atoms with van der Waals surface area (Å²) in [6.07, 6.45) is 8.24. The van der Waals surface area contributed by atoms with Crippen LogP contribution >= 0.6 is 15.9 Å². The van der Waals surface area contributed by atoms with Crippen molar-refractivity contribution in [3.05, 3.63) is 22.7 Å². The van der Waals surface area contributed by atoms with Gasteiger partial charge in [-0.1, -0.05) is 40.9 Å². The van der Waals surface area contributed by atoms with Gasteiger partial charge in [0.05, 0.1) is 5.54 Å². The van der Waals surface area contributed by atoms with Gasteiger partial charge in [-0.25, -0.2) is 4.39 Å². The van der Waals surface area contributed by atoms with Gasteiger partial charge in [0.15, 0.2) is 0 Å². The van der Waals surface area contributed by atoms with E-state index in [0.717, 1.165) is 23.7 Å². The van der Waals surface area contributed by atoms with Gasteiger partial charge in [0.25, 0.3) is 0 Å². The van der Waals surface area contributed by atoms with Crippen molar-refractivity contribution < 1.29 is 4.39 Å². The molecule has 2 rings (SSSR count). The molecule has 0 aliphatic heterocycles. The molecular formula is C12H18BrFN2. The zero-order chi connectivity index (χ0) is 11.8. The summed E-state index contributed by atoms with van der Waals surface area (Å²) in [5, 5.41) is 0. The zero-order valence-corrected chi connectivity index (χ0v) is 10.8. The van der Waals surface area contributed by atoms with E-state index in [1.54, 1.807) is 0 Å². The van der Waals surface area contributed by atoms with E-state index in [1.165, 1.54) is 0 Å². The van der Waals surface area contributed by atoms with E-state index in [2.05, 4.69) is 15.9 Å². The lowest BCUT2D eigenvalue weighted by atomic mass is 9.69. The molecule has 4 heteroatoms. The summed E-state index contributed by atoms with van der Waals surface area (Å²) in [4.78, 5) is 0. The van der Waals surface area contributed by atoms with Crippen molar-refractivity contribution in [3.63, 3.8) is 0 Å². The van der Waals surface area contributed by atoms with Crippen LogP contribution in [0.15, 0.2) is 22.7 Å². The van der Waals surface area contributed by atoms with Gasteiger partial charge >= 0.3 is 0 Å². The van der Waals surface area contributed by atoms with Crippen LogP contribution in [-0.2, 0) is 0 Å². The molecule has 1 fully saturated rings. The predicted molar refractivity (Wildman–Crippen MR) is 67.9 cm³/mol. The zero-order valence-electron chi connectivity index (χ0n) is 9.20. The fraction of sp³-hybridized carbons (Fsp3) is 0.667. The lowest BCUT2D eigenvalue weighted by Crippen LogP contribution is -2.61. The molecule has 4 atom stereocenters. The molecule has 1 saturated carbocycles. The second-order valence-electron chi connectivity index (χ2n) is 4.82. The van der Waals surface area contributed by atoms with Gasteiger partial charge in [0.1, 0.15) is 6.17 Å². The van der Waals surface area contributed by atoms with Crippen molar-refractivity contribution in [2.75, 3.05) is 0 Å². The topological polar surface area (TPSA) is 52.0 Å². The van der Waals surface area contributed by atoms with Crippen LogP contribution in [0.5, 0.6) is 0 Å².